The SMILES string of the molecule is COc1ccc(OC)c(C(=N)[NH2+]C(=[NH2+])SCC(=N)c2ccc(OC)c(O[C@@H]3CCOC3)c2)c1. The first-order valence-electron chi connectivity index (χ1n) is 10.4. The van der Waals surface area contributed by atoms with E-state index in [1.54, 1.807) is 50.9 Å². The lowest BCUT2D eigenvalue weighted by Gasteiger charge is -2.16. The number of ether oxygens (including phenoxy) is 5. The van der Waals surface area contributed by atoms with Gasteiger partial charge in [0.2, 0.25) is 5.84 Å². The van der Waals surface area contributed by atoms with Crippen LogP contribution in [-0.4, -0.2) is 63.1 Å². The van der Waals surface area contributed by atoms with Gasteiger partial charge in [0.25, 0.3) is 0 Å². The molecule has 1 atom stereocenters. The smallest absolute Gasteiger partial charge is 0.400 e. The van der Waals surface area contributed by atoms with Gasteiger partial charge in [0, 0.05) is 29.5 Å². The summed E-state index contributed by atoms with van der Waals surface area (Å²) in [5.41, 5.74) is 1.68. The van der Waals surface area contributed by atoms with Crippen LogP contribution in [-0.2, 0) is 4.74 Å². The van der Waals surface area contributed by atoms with E-state index in [9.17, 15) is 0 Å². The van der Waals surface area contributed by atoms with Crippen LogP contribution in [0.1, 0.15) is 17.5 Å². The van der Waals surface area contributed by atoms with Crippen LogP contribution in [0.4, 0.5) is 0 Å². The first kappa shape index (κ1) is 24.6. The Hall–Kier alpha value is -3.08. The molecule has 0 radical (unpaired) electrons. The monoisotopic (exact) mass is 474 g/mol. The van der Waals surface area contributed by atoms with Crippen molar-refractivity contribution in [1.29, 1.82) is 10.8 Å². The summed E-state index contributed by atoms with van der Waals surface area (Å²) >= 11 is 1.28. The van der Waals surface area contributed by atoms with Gasteiger partial charge in [-0.2, -0.15) is 0 Å². The van der Waals surface area contributed by atoms with E-state index in [4.69, 9.17) is 39.9 Å². The normalized spacial score (nSPS) is 15.1. The van der Waals surface area contributed by atoms with Crippen molar-refractivity contribution in [1.82, 2.24) is 0 Å². The topological polar surface area (TPSA) is 136 Å². The third kappa shape index (κ3) is 6.47. The van der Waals surface area contributed by atoms with Crippen LogP contribution in [0.3, 0.4) is 0 Å². The van der Waals surface area contributed by atoms with Crippen LogP contribution in [0, 0.1) is 10.8 Å². The van der Waals surface area contributed by atoms with E-state index in [1.807, 2.05) is 12.1 Å². The van der Waals surface area contributed by atoms with Gasteiger partial charge in [-0.1, -0.05) is 0 Å². The summed E-state index contributed by atoms with van der Waals surface area (Å²) in [7, 11) is 4.71. The lowest BCUT2D eigenvalue weighted by Crippen LogP contribution is -2.95. The van der Waals surface area contributed by atoms with E-state index in [0.29, 0.717) is 58.4 Å². The zero-order valence-electron chi connectivity index (χ0n) is 19.0. The van der Waals surface area contributed by atoms with Gasteiger partial charge in [-0.05, 0) is 36.4 Å². The molecule has 1 aliphatic rings. The second-order valence-electron chi connectivity index (χ2n) is 7.26. The number of hydrogen-bond acceptors (Lipinski definition) is 8. The van der Waals surface area contributed by atoms with Gasteiger partial charge in [-0.15, -0.1) is 0 Å². The molecule has 33 heavy (non-hydrogen) atoms. The van der Waals surface area contributed by atoms with Crippen LogP contribution in [0.25, 0.3) is 0 Å². The van der Waals surface area contributed by atoms with Crippen LogP contribution < -0.4 is 29.7 Å². The van der Waals surface area contributed by atoms with Gasteiger partial charge >= 0.3 is 5.17 Å². The Morgan fingerprint density at radius 2 is 1.82 bits per heavy atom. The molecule has 0 aliphatic carbocycles. The van der Waals surface area contributed by atoms with Gasteiger partial charge in [-0.3, -0.25) is 0 Å². The zero-order valence-corrected chi connectivity index (χ0v) is 19.8. The second-order valence-corrected chi connectivity index (χ2v) is 8.31. The van der Waals surface area contributed by atoms with Crippen molar-refractivity contribution in [3.63, 3.8) is 0 Å². The summed E-state index contributed by atoms with van der Waals surface area (Å²) in [6, 6.07) is 10.7. The quantitative estimate of drug-likeness (QED) is 0.312. The fourth-order valence-electron chi connectivity index (χ4n) is 3.27. The zero-order chi connectivity index (χ0) is 23.8. The molecule has 0 aromatic heterocycles. The maximum absolute atomic E-state index is 8.48. The number of rotatable bonds is 9. The molecule has 2 aromatic rings. The minimum Gasteiger partial charge on any atom is -0.497 e. The molecule has 1 aliphatic heterocycles. The van der Waals surface area contributed by atoms with Gasteiger partial charge in [0.15, 0.2) is 11.5 Å². The molecule has 1 heterocycles. The lowest BCUT2D eigenvalue weighted by atomic mass is 10.1. The first-order valence-corrected chi connectivity index (χ1v) is 11.3. The third-order valence-electron chi connectivity index (χ3n) is 5.06. The average Bonchev–Trinajstić information content (AvgIpc) is 3.35. The van der Waals surface area contributed by atoms with Crippen molar-refractivity contribution >= 4 is 28.5 Å². The van der Waals surface area contributed by atoms with E-state index in [2.05, 4.69) is 0 Å². The summed E-state index contributed by atoms with van der Waals surface area (Å²) in [5.74, 6) is 2.92. The molecule has 3 rings (SSSR count). The summed E-state index contributed by atoms with van der Waals surface area (Å²) < 4.78 is 27.4. The standard InChI is InChI=1S/C23H28N4O5S/c1-28-15-5-7-19(29-2)17(11-15)22(25)27-23(26)33-13-18(24)14-4-6-20(30-3)21(10-14)32-16-8-9-31-12-16/h4-7,10-11,16,24H,8-9,12-13H2,1-3H3,(H3,25,26,27)/p+2/t16-/m1/s1. The summed E-state index contributed by atoms with van der Waals surface area (Å²) in [4.78, 5) is 0. The minimum atomic E-state index is -0.0177. The molecule has 0 unspecified atom stereocenters. The molecule has 0 spiro atoms. The molecule has 9 nitrogen and oxygen atoms in total. The second kappa shape index (κ2) is 11.7. The number of methoxy groups -OCH3 is 3. The van der Waals surface area contributed by atoms with Gasteiger partial charge in [-0.25, -0.2) is 16.1 Å². The maximum atomic E-state index is 8.48. The fraction of sp³-hybridized carbons (Fsp3) is 0.348. The van der Waals surface area contributed by atoms with Crippen molar-refractivity contribution in [2.45, 2.75) is 12.5 Å². The van der Waals surface area contributed by atoms with Crippen molar-refractivity contribution < 1.29 is 34.4 Å². The fourth-order valence-corrected chi connectivity index (χ4v) is 3.95. The number of nitrogen functional groups attached to an aromatic ring is 1. The summed E-state index contributed by atoms with van der Waals surface area (Å²) in [6.07, 6.45) is 0.808. The summed E-state index contributed by atoms with van der Waals surface area (Å²) in [5, 5.41) is 25.0. The van der Waals surface area contributed by atoms with E-state index in [0.717, 1.165) is 12.0 Å². The number of nitrogens with two attached hydrogens (primary N) is 2. The highest BCUT2D eigenvalue weighted by Gasteiger charge is 2.22. The van der Waals surface area contributed by atoms with Crippen molar-refractivity contribution in [2.24, 2.45) is 0 Å². The molecule has 176 valence electrons. The van der Waals surface area contributed by atoms with Gasteiger partial charge in [0.1, 0.15) is 23.2 Å². The third-order valence-corrected chi connectivity index (χ3v) is 5.94. The summed E-state index contributed by atoms with van der Waals surface area (Å²) in [6.45, 7) is 1.23. The van der Waals surface area contributed by atoms with Gasteiger partial charge < -0.3 is 29.1 Å². The molecule has 0 bridgehead atoms. The molecule has 10 heteroatoms. The van der Waals surface area contributed by atoms with Gasteiger partial charge in [0.05, 0.1) is 40.3 Å². The van der Waals surface area contributed by atoms with Crippen molar-refractivity contribution in [3.8, 4) is 23.0 Å². The Labute approximate surface area is 197 Å². The average molecular weight is 475 g/mol. The Bertz CT molecular complexity index is 1020. The predicted molar refractivity (Wildman–Crippen MR) is 127 cm³/mol. The number of hydrogen-bond donors (Lipinski definition) is 4. The molecule has 6 N–H and O–H groups in total. The molecule has 0 saturated carbocycles. The highest BCUT2D eigenvalue weighted by molar-refractivity contribution is 8.13. The van der Waals surface area contributed by atoms with Crippen LogP contribution in [0.2, 0.25) is 0 Å². The molecule has 1 saturated heterocycles. The largest absolute Gasteiger partial charge is 0.497 e. The first-order chi connectivity index (χ1) is 15.9. The van der Waals surface area contributed by atoms with E-state index in [1.165, 1.54) is 11.8 Å². The molecular weight excluding hydrogens is 444 g/mol. The highest BCUT2D eigenvalue weighted by atomic mass is 32.2. The highest BCUT2D eigenvalue weighted by Crippen LogP contribution is 2.30. The van der Waals surface area contributed by atoms with Crippen molar-refractivity contribution in [2.75, 3.05) is 40.3 Å². The molecule has 0 amide bonds. The Balaban J connectivity index is 1.60. The molecule has 1 fully saturated rings. The number of quaternary nitrogens is 1. The maximum Gasteiger partial charge on any atom is 0.400 e. The molecular formula is C23H30N4O5S+2. The van der Waals surface area contributed by atoms with Crippen molar-refractivity contribution in [3.05, 3.63) is 47.5 Å². The van der Waals surface area contributed by atoms with E-state index >= 15 is 0 Å². The van der Waals surface area contributed by atoms with E-state index < -0.39 is 0 Å². The number of amidine groups is 2. The number of benzene rings is 2. The van der Waals surface area contributed by atoms with Crippen LogP contribution >= 0.6 is 11.8 Å². The van der Waals surface area contributed by atoms with Crippen LogP contribution in [0.15, 0.2) is 36.4 Å². The van der Waals surface area contributed by atoms with E-state index in [-0.39, 0.29) is 11.9 Å². The Morgan fingerprint density at radius 3 is 2.48 bits per heavy atom. The Kier molecular flexibility index (Phi) is 8.70. The molecule has 2 aromatic carbocycles. The van der Waals surface area contributed by atoms with Crippen LogP contribution in [0.5, 0.6) is 23.0 Å². The minimum absolute atomic E-state index is 0.0177. The Morgan fingerprint density at radius 1 is 1.06 bits per heavy atom. The number of nitrogens with one attached hydrogen (secondary N) is 2. The number of thioether (sulfide) groups is 1. The predicted octanol–water partition coefficient (Wildman–Crippen LogP) is 0.685. The lowest BCUT2D eigenvalue weighted by molar-refractivity contribution is -0.441.